The normalized spacial score (nSPS) is 50.1. The molecule has 2 saturated heterocycles. The summed E-state index contributed by atoms with van der Waals surface area (Å²) < 4.78 is 32.3. The number of carbonyl (C=O) groups is 1. The fourth-order valence-corrected chi connectivity index (χ4v) is 5.59. The minimum Gasteiger partial charge on any atom is -0.471 e. The van der Waals surface area contributed by atoms with Crippen LogP contribution < -0.4 is 0 Å². The molecule has 15 atom stereocenters. The van der Waals surface area contributed by atoms with Crippen LogP contribution in [0.4, 0.5) is 0 Å². The van der Waals surface area contributed by atoms with Crippen molar-refractivity contribution in [3.63, 3.8) is 0 Å². The Labute approximate surface area is 222 Å². The van der Waals surface area contributed by atoms with E-state index in [2.05, 4.69) is 0 Å². The highest BCUT2D eigenvalue weighted by molar-refractivity contribution is 5.89. The van der Waals surface area contributed by atoms with Gasteiger partial charge in [0.05, 0.1) is 49.8 Å². The molecule has 39 heavy (non-hydrogen) atoms. The van der Waals surface area contributed by atoms with Gasteiger partial charge < -0.3 is 74.4 Å². The predicted octanol–water partition coefficient (Wildman–Crippen LogP) is -5.21. The summed E-state index contributed by atoms with van der Waals surface area (Å²) in [4.78, 5) is 12.2. The second kappa shape index (κ2) is 11.8. The molecule has 0 aromatic heterocycles. The number of carbonyl (C=O) groups excluding carboxylic acids is 1. The van der Waals surface area contributed by atoms with Crippen LogP contribution in [0.1, 0.15) is 13.3 Å². The van der Waals surface area contributed by atoms with Gasteiger partial charge in [-0.1, -0.05) is 0 Å². The van der Waals surface area contributed by atoms with Crippen molar-refractivity contribution in [3.05, 3.63) is 11.8 Å². The van der Waals surface area contributed by atoms with Gasteiger partial charge in [-0.25, -0.2) is 4.79 Å². The molecule has 1 saturated carbocycles. The smallest absolute Gasteiger partial charge is 0.337 e. The predicted molar refractivity (Wildman–Crippen MR) is 121 cm³/mol. The molecule has 3 fully saturated rings. The van der Waals surface area contributed by atoms with Crippen molar-refractivity contribution in [2.24, 2.45) is 11.8 Å². The minimum absolute atomic E-state index is 0.0287. The first-order valence-electron chi connectivity index (χ1n) is 12.4. The number of hydrogen-bond acceptors (Lipinski definition) is 16. The summed E-state index contributed by atoms with van der Waals surface area (Å²) in [6.45, 7) is 0.144. The van der Waals surface area contributed by atoms with E-state index in [1.54, 1.807) is 0 Å². The first-order chi connectivity index (χ1) is 18.3. The Morgan fingerprint density at radius 1 is 0.923 bits per heavy atom. The van der Waals surface area contributed by atoms with Crippen LogP contribution in [0.25, 0.3) is 0 Å². The summed E-state index contributed by atoms with van der Waals surface area (Å²) in [5.41, 5.74) is -1.62. The first-order valence-corrected chi connectivity index (χ1v) is 12.4. The molecule has 0 spiro atoms. The molecule has 16 nitrogen and oxygen atoms in total. The molecule has 0 bridgehead atoms. The summed E-state index contributed by atoms with van der Waals surface area (Å²) in [7, 11) is 1.14. The number of aliphatic hydroxyl groups is 9. The Balaban J connectivity index is 1.47. The largest absolute Gasteiger partial charge is 0.471 e. The highest BCUT2D eigenvalue weighted by Gasteiger charge is 2.59. The molecule has 16 heteroatoms. The standard InChI is InChI=1S/C23H36O16/c1-23(33)3-8(25)11-7(19(32)34-2)5-35-20(12(11)23)39-22-18(31)16(29)14(27)10(38-22)6-36-21-17(30)15(28)13(26)9(4-24)37-21/h5,8-18,20-22,24-31,33H,3-4,6H2,1-2H3/t8-,9+,10+,11+,12-,13+,14+,15-,16+,17-,18-,20-,21+,22+,23+/m0/s1. The Bertz CT molecular complexity index is 895. The van der Waals surface area contributed by atoms with Crippen LogP contribution in [-0.2, 0) is 33.2 Å². The molecule has 4 rings (SSSR count). The quantitative estimate of drug-likeness (QED) is 0.130. The summed E-state index contributed by atoms with van der Waals surface area (Å²) >= 11 is 0. The van der Waals surface area contributed by atoms with Crippen LogP contribution in [0.15, 0.2) is 11.8 Å². The van der Waals surface area contributed by atoms with E-state index in [9.17, 15) is 50.8 Å². The minimum atomic E-state index is -1.82. The lowest BCUT2D eigenvalue weighted by molar-refractivity contribution is -0.357. The Morgan fingerprint density at radius 2 is 1.51 bits per heavy atom. The van der Waals surface area contributed by atoms with Gasteiger partial charge in [-0.15, -0.1) is 0 Å². The maximum Gasteiger partial charge on any atom is 0.337 e. The van der Waals surface area contributed by atoms with Crippen LogP contribution in [0, 0.1) is 11.8 Å². The van der Waals surface area contributed by atoms with Crippen LogP contribution in [0.2, 0.25) is 0 Å². The highest BCUT2D eigenvalue weighted by atomic mass is 16.8. The van der Waals surface area contributed by atoms with Gasteiger partial charge in [-0.3, -0.25) is 0 Å². The number of methoxy groups -OCH3 is 1. The summed E-state index contributed by atoms with van der Waals surface area (Å²) in [5, 5.41) is 92.3. The third-order valence-electron chi connectivity index (χ3n) is 7.75. The summed E-state index contributed by atoms with van der Waals surface area (Å²) in [6.07, 6.45) is -17.9. The molecule has 0 unspecified atom stereocenters. The molecule has 9 N–H and O–H groups in total. The monoisotopic (exact) mass is 568 g/mol. The van der Waals surface area contributed by atoms with Crippen LogP contribution >= 0.6 is 0 Å². The number of esters is 1. The lowest BCUT2D eigenvalue weighted by Gasteiger charge is -2.45. The Morgan fingerprint density at radius 3 is 2.13 bits per heavy atom. The first kappa shape index (κ1) is 30.4. The van der Waals surface area contributed by atoms with Gasteiger partial charge in [-0.05, 0) is 6.92 Å². The van der Waals surface area contributed by atoms with Crippen molar-refractivity contribution < 1.29 is 79.2 Å². The van der Waals surface area contributed by atoms with E-state index in [1.165, 1.54) is 6.92 Å². The molecule has 1 aliphatic carbocycles. The Kier molecular flexibility index (Phi) is 9.19. The third-order valence-corrected chi connectivity index (χ3v) is 7.75. The lowest BCUT2D eigenvalue weighted by atomic mass is 9.80. The molecular formula is C23H36O16. The number of fused-ring (bicyclic) bond motifs is 1. The van der Waals surface area contributed by atoms with E-state index in [4.69, 9.17) is 28.4 Å². The van der Waals surface area contributed by atoms with Crippen molar-refractivity contribution in [1.82, 2.24) is 0 Å². The van der Waals surface area contributed by atoms with Crippen LogP contribution in [0.3, 0.4) is 0 Å². The van der Waals surface area contributed by atoms with E-state index in [0.717, 1.165) is 13.4 Å². The fraction of sp³-hybridized carbons (Fsp3) is 0.870. The second-order valence-corrected chi connectivity index (χ2v) is 10.4. The average Bonchev–Trinajstić information content (AvgIpc) is 3.16. The molecule has 3 heterocycles. The number of rotatable bonds is 7. The molecular weight excluding hydrogens is 532 g/mol. The molecule has 0 radical (unpaired) electrons. The van der Waals surface area contributed by atoms with Gasteiger partial charge in [0.15, 0.2) is 12.6 Å². The average molecular weight is 569 g/mol. The topological polar surface area (TPSA) is 255 Å². The van der Waals surface area contributed by atoms with Crippen molar-refractivity contribution in [3.8, 4) is 0 Å². The van der Waals surface area contributed by atoms with E-state index in [1.807, 2.05) is 0 Å². The van der Waals surface area contributed by atoms with Gasteiger partial charge in [0.2, 0.25) is 6.29 Å². The fourth-order valence-electron chi connectivity index (χ4n) is 5.59. The zero-order chi connectivity index (χ0) is 28.8. The zero-order valence-electron chi connectivity index (χ0n) is 21.2. The van der Waals surface area contributed by atoms with Gasteiger partial charge in [0.1, 0.15) is 48.8 Å². The Hall–Kier alpha value is -1.51. The number of hydrogen-bond donors (Lipinski definition) is 9. The van der Waals surface area contributed by atoms with Crippen LogP contribution in [-0.4, -0.2) is 152 Å². The van der Waals surface area contributed by atoms with Crippen LogP contribution in [0.5, 0.6) is 0 Å². The zero-order valence-corrected chi connectivity index (χ0v) is 21.2. The molecule has 4 aliphatic rings. The highest BCUT2D eigenvalue weighted by Crippen LogP contribution is 2.49. The van der Waals surface area contributed by atoms with Crippen molar-refractivity contribution in [2.75, 3.05) is 20.3 Å². The molecule has 0 aromatic rings. The van der Waals surface area contributed by atoms with E-state index < -0.39 is 110 Å². The van der Waals surface area contributed by atoms with Crippen molar-refractivity contribution >= 4 is 5.97 Å². The molecule has 0 amide bonds. The van der Waals surface area contributed by atoms with E-state index >= 15 is 0 Å². The van der Waals surface area contributed by atoms with Gasteiger partial charge in [0, 0.05) is 12.3 Å². The molecule has 224 valence electrons. The maximum atomic E-state index is 12.2. The second-order valence-electron chi connectivity index (χ2n) is 10.4. The molecule has 0 aromatic carbocycles. The van der Waals surface area contributed by atoms with Gasteiger partial charge in [0.25, 0.3) is 0 Å². The number of ether oxygens (including phenoxy) is 6. The summed E-state index contributed by atoms with van der Waals surface area (Å²) in [5.74, 6) is -2.76. The SMILES string of the molecule is COC(=O)C1=CO[C@@H](O[C@H]2O[C@H](CO[C@@H]3O[C@H](CO)[C@@H](O)[C@H](O)[C@@H]3O)[C@@H](O)[C@@H](O)[C@@H]2O)[C@@H]2[C@H]1[C@@H](O)C[C@@]2(C)O. The van der Waals surface area contributed by atoms with Gasteiger partial charge in [-0.2, -0.15) is 0 Å². The van der Waals surface area contributed by atoms with E-state index in [-0.39, 0.29) is 12.0 Å². The molecule has 3 aliphatic heterocycles. The van der Waals surface area contributed by atoms with E-state index in [0.29, 0.717) is 0 Å². The van der Waals surface area contributed by atoms with Gasteiger partial charge >= 0.3 is 5.97 Å². The van der Waals surface area contributed by atoms with Crippen molar-refractivity contribution in [2.45, 2.75) is 92.8 Å². The lowest BCUT2D eigenvalue weighted by Crippen LogP contribution is -2.62. The summed E-state index contributed by atoms with van der Waals surface area (Å²) in [6, 6.07) is 0. The third kappa shape index (κ3) is 5.67. The maximum absolute atomic E-state index is 12.2. The number of aliphatic hydroxyl groups excluding tert-OH is 8. The van der Waals surface area contributed by atoms with Crippen molar-refractivity contribution in [1.29, 1.82) is 0 Å².